The Morgan fingerprint density at radius 2 is 1.76 bits per heavy atom. The van der Waals surface area contributed by atoms with Gasteiger partial charge in [-0.1, -0.05) is 32.1 Å². The summed E-state index contributed by atoms with van der Waals surface area (Å²) in [4.78, 5) is 20.3. The number of hydrogen-bond donors (Lipinski definition) is 3. The zero-order valence-corrected chi connectivity index (χ0v) is 13.3. The fourth-order valence-electron chi connectivity index (χ4n) is 2.29. The Bertz CT molecular complexity index is 319. The average molecular weight is 303 g/mol. The number of carboxylic acids is 1. The number of ether oxygens (including phenoxy) is 1. The Hall–Kier alpha value is -1.30. The van der Waals surface area contributed by atoms with Crippen molar-refractivity contribution in [2.24, 2.45) is 11.7 Å². The topological polar surface area (TPSA) is 110 Å². The Kier molecular flexibility index (Phi) is 9.01. The summed E-state index contributed by atoms with van der Waals surface area (Å²) < 4.78 is 4.58. The fraction of sp³-hybridized carbons (Fsp3) is 0.867. The van der Waals surface area contributed by atoms with Crippen LogP contribution in [0.2, 0.25) is 0 Å². The Balaban J connectivity index is 0.000000433. The Morgan fingerprint density at radius 3 is 2.10 bits per heavy atom. The number of carbonyl (C=O) groups is 2. The molecule has 1 aliphatic carbocycles. The van der Waals surface area contributed by atoms with Crippen LogP contribution in [-0.2, 0) is 9.53 Å². The second-order valence-electron chi connectivity index (χ2n) is 6.47. The summed E-state index contributed by atoms with van der Waals surface area (Å²) in [6, 6.07) is 0. The molecule has 0 heterocycles. The smallest absolute Gasteiger partial charge is 0.405 e. The molecule has 0 saturated heterocycles. The van der Waals surface area contributed by atoms with Gasteiger partial charge in [0.1, 0.15) is 5.60 Å². The predicted molar refractivity (Wildman–Crippen MR) is 79.9 cm³/mol. The first kappa shape index (κ1) is 19.7. The van der Waals surface area contributed by atoms with Crippen LogP contribution in [0.4, 0.5) is 4.79 Å². The summed E-state index contributed by atoms with van der Waals surface area (Å²) in [5, 5.41) is 17.5. The van der Waals surface area contributed by atoms with Gasteiger partial charge in [-0.2, -0.15) is 0 Å². The molecule has 0 aromatic carbocycles. The van der Waals surface area contributed by atoms with E-state index in [0.29, 0.717) is 12.3 Å². The van der Waals surface area contributed by atoms with Crippen LogP contribution in [0.25, 0.3) is 0 Å². The number of rotatable bonds is 4. The van der Waals surface area contributed by atoms with E-state index in [1.807, 2.05) is 0 Å². The van der Waals surface area contributed by atoms with Crippen molar-refractivity contribution >= 4 is 12.1 Å². The van der Waals surface area contributed by atoms with Crippen molar-refractivity contribution in [3.63, 3.8) is 0 Å². The summed E-state index contributed by atoms with van der Waals surface area (Å²) >= 11 is 0. The van der Waals surface area contributed by atoms with E-state index in [1.165, 1.54) is 32.1 Å². The lowest BCUT2D eigenvalue weighted by atomic mass is 9.85. The molecule has 0 aliphatic heterocycles. The molecule has 21 heavy (non-hydrogen) atoms. The van der Waals surface area contributed by atoms with Crippen LogP contribution >= 0.6 is 0 Å². The van der Waals surface area contributed by atoms with Crippen LogP contribution in [-0.4, -0.2) is 34.0 Å². The van der Waals surface area contributed by atoms with Crippen molar-refractivity contribution in [3.05, 3.63) is 0 Å². The second kappa shape index (κ2) is 9.60. The van der Waals surface area contributed by atoms with Crippen LogP contribution in [0.15, 0.2) is 0 Å². The van der Waals surface area contributed by atoms with Crippen LogP contribution < -0.4 is 5.73 Å². The van der Waals surface area contributed by atoms with Crippen LogP contribution in [0, 0.1) is 5.92 Å². The number of primary amides is 1. The highest BCUT2D eigenvalue weighted by molar-refractivity contribution is 5.71. The number of amides is 1. The van der Waals surface area contributed by atoms with E-state index in [-0.39, 0.29) is 0 Å². The molecule has 1 aliphatic rings. The number of carbonyl (C=O) groups excluding carboxylic acids is 1. The molecule has 1 amide bonds. The number of aliphatic hydroxyl groups is 1. The van der Waals surface area contributed by atoms with Gasteiger partial charge in [-0.05, 0) is 39.5 Å². The summed E-state index contributed by atoms with van der Waals surface area (Å²) in [6.45, 7) is 5.28. The third kappa shape index (κ3) is 12.2. The molecule has 1 saturated carbocycles. The highest BCUT2D eigenvalue weighted by Gasteiger charge is 2.18. The van der Waals surface area contributed by atoms with Gasteiger partial charge in [0, 0.05) is 0 Å². The maximum atomic E-state index is 10.3. The minimum absolute atomic E-state index is 0.417. The first-order valence-electron chi connectivity index (χ1n) is 7.51. The van der Waals surface area contributed by atoms with Crippen molar-refractivity contribution in [1.82, 2.24) is 0 Å². The van der Waals surface area contributed by atoms with Crippen LogP contribution in [0.3, 0.4) is 0 Å². The molecule has 4 N–H and O–H groups in total. The van der Waals surface area contributed by atoms with Crippen molar-refractivity contribution in [3.8, 4) is 0 Å². The predicted octanol–water partition coefficient (Wildman–Crippen LogP) is 2.67. The van der Waals surface area contributed by atoms with E-state index in [9.17, 15) is 9.59 Å². The largest absolute Gasteiger partial charge is 0.479 e. The Morgan fingerprint density at radius 1 is 1.24 bits per heavy atom. The number of hydrogen-bond acceptors (Lipinski definition) is 4. The lowest BCUT2D eigenvalue weighted by Gasteiger charge is -2.21. The molecule has 124 valence electrons. The molecule has 0 bridgehead atoms. The van der Waals surface area contributed by atoms with E-state index in [4.69, 9.17) is 15.9 Å². The average Bonchev–Trinajstić information content (AvgIpc) is 2.34. The molecule has 0 spiro atoms. The molecule has 6 nitrogen and oxygen atoms in total. The molecule has 1 rings (SSSR count). The molecule has 0 aromatic heterocycles. The molecule has 0 radical (unpaired) electrons. The van der Waals surface area contributed by atoms with E-state index in [2.05, 4.69) is 4.74 Å². The number of nitrogens with two attached hydrogens (primary N) is 1. The molecule has 1 atom stereocenters. The molecule has 0 aromatic rings. The standard InChI is InChI=1S/C10H18O3.C5H11NO2/c11-9(10(12)13)7-6-8-4-2-1-3-5-8;1-5(2,3)8-4(6)7/h8-9,11H,1-7H2,(H,12,13);1-3H3,(H2,6,7). The van der Waals surface area contributed by atoms with Gasteiger partial charge in [-0.3, -0.25) is 0 Å². The van der Waals surface area contributed by atoms with E-state index < -0.39 is 23.8 Å². The van der Waals surface area contributed by atoms with Gasteiger partial charge in [0.05, 0.1) is 0 Å². The van der Waals surface area contributed by atoms with Crippen molar-refractivity contribution in [2.45, 2.75) is 77.4 Å². The van der Waals surface area contributed by atoms with Gasteiger partial charge in [-0.25, -0.2) is 9.59 Å². The number of carboxylic acid groups (broad SMARTS) is 1. The van der Waals surface area contributed by atoms with Crippen molar-refractivity contribution < 1.29 is 24.5 Å². The molecular weight excluding hydrogens is 274 g/mol. The molecule has 6 heteroatoms. The maximum Gasteiger partial charge on any atom is 0.405 e. The number of aliphatic hydroxyl groups excluding tert-OH is 1. The summed E-state index contributed by atoms with van der Waals surface area (Å²) in [6.07, 6.45) is 5.70. The second-order valence-corrected chi connectivity index (χ2v) is 6.47. The van der Waals surface area contributed by atoms with Gasteiger partial charge in [0.25, 0.3) is 0 Å². The van der Waals surface area contributed by atoms with Gasteiger partial charge < -0.3 is 20.7 Å². The zero-order valence-electron chi connectivity index (χ0n) is 13.3. The normalized spacial score (nSPS) is 17.3. The van der Waals surface area contributed by atoms with Gasteiger partial charge in [-0.15, -0.1) is 0 Å². The zero-order chi connectivity index (χ0) is 16.5. The maximum absolute atomic E-state index is 10.3. The van der Waals surface area contributed by atoms with Gasteiger partial charge in [0.2, 0.25) is 0 Å². The van der Waals surface area contributed by atoms with Crippen molar-refractivity contribution in [2.75, 3.05) is 0 Å². The SMILES string of the molecule is CC(C)(C)OC(N)=O.O=C(O)C(O)CCC1CCCCC1. The first-order chi connectivity index (χ1) is 9.61. The van der Waals surface area contributed by atoms with Crippen LogP contribution in [0.5, 0.6) is 0 Å². The van der Waals surface area contributed by atoms with Crippen LogP contribution in [0.1, 0.15) is 65.7 Å². The lowest BCUT2D eigenvalue weighted by Crippen LogP contribution is -2.27. The summed E-state index contributed by atoms with van der Waals surface area (Å²) in [5.41, 5.74) is 4.26. The third-order valence-corrected chi connectivity index (χ3v) is 3.26. The molecule has 1 unspecified atom stereocenters. The molecular formula is C15H29NO5. The highest BCUT2D eigenvalue weighted by atomic mass is 16.6. The highest BCUT2D eigenvalue weighted by Crippen LogP contribution is 2.27. The Labute approximate surface area is 126 Å². The van der Waals surface area contributed by atoms with Crippen molar-refractivity contribution in [1.29, 1.82) is 0 Å². The minimum Gasteiger partial charge on any atom is -0.479 e. The monoisotopic (exact) mass is 303 g/mol. The first-order valence-corrected chi connectivity index (χ1v) is 7.51. The third-order valence-electron chi connectivity index (χ3n) is 3.26. The summed E-state index contributed by atoms with van der Waals surface area (Å²) in [5.74, 6) is -0.432. The summed E-state index contributed by atoms with van der Waals surface area (Å²) in [7, 11) is 0. The van der Waals surface area contributed by atoms with E-state index >= 15 is 0 Å². The lowest BCUT2D eigenvalue weighted by molar-refractivity contribution is -0.147. The number of aliphatic carboxylic acids is 1. The van der Waals surface area contributed by atoms with E-state index in [0.717, 1.165) is 6.42 Å². The minimum atomic E-state index is -1.15. The van der Waals surface area contributed by atoms with Gasteiger partial charge >= 0.3 is 12.1 Å². The molecule has 1 fully saturated rings. The quantitative estimate of drug-likeness (QED) is 0.739. The van der Waals surface area contributed by atoms with E-state index in [1.54, 1.807) is 20.8 Å². The van der Waals surface area contributed by atoms with Gasteiger partial charge in [0.15, 0.2) is 6.10 Å². The fourth-order valence-corrected chi connectivity index (χ4v) is 2.29.